The summed E-state index contributed by atoms with van der Waals surface area (Å²) in [5.74, 6) is 0.887. The van der Waals surface area contributed by atoms with E-state index < -0.39 is 5.91 Å². The van der Waals surface area contributed by atoms with E-state index in [1.165, 1.54) is 4.68 Å². The van der Waals surface area contributed by atoms with Crippen LogP contribution in [0.1, 0.15) is 29.1 Å². The van der Waals surface area contributed by atoms with Crippen molar-refractivity contribution in [3.05, 3.63) is 64.0 Å². The van der Waals surface area contributed by atoms with Gasteiger partial charge in [0, 0.05) is 6.42 Å². The topological polar surface area (TPSA) is 73.0 Å². The number of aryl methyl sites for hydroxylation is 1. The summed E-state index contributed by atoms with van der Waals surface area (Å²) in [4.78, 5) is 16.5. The maximum Gasteiger partial charge on any atom is 0.291 e. The minimum atomic E-state index is -0.400. The fraction of sp³-hybridized carbons (Fsp3) is 0.188. The Bertz CT molecular complexity index is 839. The van der Waals surface area contributed by atoms with E-state index in [-0.39, 0.29) is 12.4 Å². The average molecular weight is 365 g/mol. The van der Waals surface area contributed by atoms with E-state index >= 15 is 0 Å². The Morgan fingerprint density at radius 2 is 2.00 bits per heavy atom. The maximum absolute atomic E-state index is 12.3. The standard InChI is InChI=1S/C16H14Cl2N4O2/c1-2-13-20-15(16(23)19-9-10-5-4-8-24-10)21-22(13)14-11(17)6-3-7-12(14)18/h3-8H,2,9H2,1H3,(H,19,23). The van der Waals surface area contributed by atoms with Crippen LogP contribution in [0.4, 0.5) is 0 Å². The predicted molar refractivity (Wildman–Crippen MR) is 90.6 cm³/mol. The molecular weight excluding hydrogens is 351 g/mol. The fourth-order valence-corrected chi connectivity index (χ4v) is 2.76. The Labute approximate surface area is 148 Å². The normalized spacial score (nSPS) is 10.8. The minimum Gasteiger partial charge on any atom is -0.467 e. The Morgan fingerprint density at radius 3 is 2.62 bits per heavy atom. The van der Waals surface area contributed by atoms with Crippen molar-refractivity contribution in [1.82, 2.24) is 20.1 Å². The molecule has 0 unspecified atom stereocenters. The Kier molecular flexibility index (Phi) is 4.87. The van der Waals surface area contributed by atoms with Crippen LogP contribution in [-0.4, -0.2) is 20.7 Å². The zero-order chi connectivity index (χ0) is 17.1. The van der Waals surface area contributed by atoms with Gasteiger partial charge < -0.3 is 9.73 Å². The first kappa shape index (κ1) is 16.5. The second kappa shape index (κ2) is 7.07. The molecule has 124 valence electrons. The molecule has 2 heterocycles. The minimum absolute atomic E-state index is 0.0504. The molecule has 0 spiro atoms. The number of para-hydroxylation sites is 1. The van der Waals surface area contributed by atoms with Crippen LogP contribution < -0.4 is 5.32 Å². The molecule has 0 aliphatic heterocycles. The third-order valence-corrected chi connectivity index (χ3v) is 3.96. The van der Waals surface area contributed by atoms with Crippen LogP contribution >= 0.6 is 23.2 Å². The second-order valence-electron chi connectivity index (χ2n) is 4.95. The zero-order valence-electron chi connectivity index (χ0n) is 12.8. The highest BCUT2D eigenvalue weighted by Gasteiger charge is 2.19. The lowest BCUT2D eigenvalue weighted by Gasteiger charge is -2.08. The van der Waals surface area contributed by atoms with Crippen molar-refractivity contribution in [2.24, 2.45) is 0 Å². The van der Waals surface area contributed by atoms with E-state index in [0.717, 1.165) is 0 Å². The summed E-state index contributed by atoms with van der Waals surface area (Å²) in [5, 5.41) is 7.85. The maximum atomic E-state index is 12.3. The van der Waals surface area contributed by atoms with Crippen LogP contribution in [0.2, 0.25) is 10.0 Å². The molecule has 0 aliphatic rings. The highest BCUT2D eigenvalue weighted by Crippen LogP contribution is 2.28. The molecule has 0 saturated heterocycles. The lowest BCUT2D eigenvalue weighted by molar-refractivity contribution is 0.0937. The number of furan rings is 1. The van der Waals surface area contributed by atoms with E-state index in [1.54, 1.807) is 36.6 Å². The molecule has 0 atom stereocenters. The van der Waals surface area contributed by atoms with Crippen LogP contribution in [0, 0.1) is 0 Å². The summed E-state index contributed by atoms with van der Waals surface area (Å²) in [6, 6.07) is 8.69. The Hall–Kier alpha value is -2.31. The highest BCUT2D eigenvalue weighted by atomic mass is 35.5. The number of benzene rings is 1. The van der Waals surface area contributed by atoms with Crippen LogP contribution in [0.3, 0.4) is 0 Å². The quantitative estimate of drug-likeness (QED) is 0.749. The second-order valence-corrected chi connectivity index (χ2v) is 5.76. The molecule has 1 N–H and O–H groups in total. The molecule has 24 heavy (non-hydrogen) atoms. The van der Waals surface area contributed by atoms with Gasteiger partial charge in [-0.1, -0.05) is 36.2 Å². The number of nitrogens with one attached hydrogen (secondary N) is 1. The number of nitrogens with zero attached hydrogens (tertiary/aromatic N) is 3. The van der Waals surface area contributed by atoms with Gasteiger partial charge in [0.25, 0.3) is 5.91 Å². The van der Waals surface area contributed by atoms with E-state index in [0.29, 0.717) is 33.7 Å². The van der Waals surface area contributed by atoms with E-state index in [9.17, 15) is 4.79 Å². The summed E-state index contributed by atoms with van der Waals surface area (Å²) >= 11 is 12.4. The van der Waals surface area contributed by atoms with Crippen molar-refractivity contribution in [2.75, 3.05) is 0 Å². The molecule has 1 amide bonds. The Balaban J connectivity index is 1.89. The third-order valence-electron chi connectivity index (χ3n) is 3.35. The summed E-state index contributed by atoms with van der Waals surface area (Å²) in [6.07, 6.45) is 2.11. The molecule has 2 aromatic heterocycles. The first-order valence-corrected chi connectivity index (χ1v) is 8.06. The average Bonchev–Trinajstić information content (AvgIpc) is 3.22. The van der Waals surface area contributed by atoms with Gasteiger partial charge in [-0.3, -0.25) is 4.79 Å². The lowest BCUT2D eigenvalue weighted by atomic mass is 10.3. The molecule has 1 aromatic carbocycles. The van der Waals surface area contributed by atoms with Gasteiger partial charge in [0.2, 0.25) is 5.82 Å². The summed E-state index contributed by atoms with van der Waals surface area (Å²) in [5.41, 5.74) is 0.510. The number of amides is 1. The molecular formula is C16H14Cl2N4O2. The molecule has 3 aromatic rings. The van der Waals surface area contributed by atoms with Crippen molar-refractivity contribution in [3.63, 3.8) is 0 Å². The largest absolute Gasteiger partial charge is 0.467 e. The Morgan fingerprint density at radius 1 is 1.25 bits per heavy atom. The van der Waals surface area contributed by atoms with Gasteiger partial charge in [-0.25, -0.2) is 9.67 Å². The predicted octanol–water partition coefficient (Wildman–Crippen LogP) is 3.66. The van der Waals surface area contributed by atoms with Crippen LogP contribution in [0.25, 0.3) is 5.69 Å². The van der Waals surface area contributed by atoms with Gasteiger partial charge in [-0.05, 0) is 24.3 Å². The van der Waals surface area contributed by atoms with Gasteiger partial charge in [0.15, 0.2) is 0 Å². The smallest absolute Gasteiger partial charge is 0.291 e. The summed E-state index contributed by atoms with van der Waals surface area (Å²) in [7, 11) is 0. The van der Waals surface area contributed by atoms with E-state index in [1.807, 2.05) is 6.92 Å². The first-order valence-electron chi connectivity index (χ1n) is 7.31. The number of halogens is 2. The van der Waals surface area contributed by atoms with Gasteiger partial charge in [0.05, 0.1) is 22.9 Å². The first-order chi connectivity index (χ1) is 11.6. The number of aromatic nitrogens is 3. The highest BCUT2D eigenvalue weighted by molar-refractivity contribution is 6.37. The van der Waals surface area contributed by atoms with E-state index in [2.05, 4.69) is 15.4 Å². The van der Waals surface area contributed by atoms with Gasteiger partial charge in [0.1, 0.15) is 17.3 Å². The van der Waals surface area contributed by atoms with Crippen molar-refractivity contribution in [1.29, 1.82) is 0 Å². The van der Waals surface area contributed by atoms with Crippen molar-refractivity contribution < 1.29 is 9.21 Å². The number of rotatable bonds is 5. The molecule has 0 aliphatic carbocycles. The van der Waals surface area contributed by atoms with Crippen LogP contribution in [0.15, 0.2) is 41.0 Å². The molecule has 0 radical (unpaired) electrons. The van der Waals surface area contributed by atoms with E-state index in [4.69, 9.17) is 27.6 Å². The van der Waals surface area contributed by atoms with Gasteiger partial charge in [-0.2, -0.15) is 0 Å². The third kappa shape index (κ3) is 3.29. The van der Waals surface area contributed by atoms with Crippen molar-refractivity contribution in [3.8, 4) is 5.69 Å². The molecule has 0 fully saturated rings. The SMILES string of the molecule is CCc1nc(C(=O)NCc2ccco2)nn1-c1c(Cl)cccc1Cl. The molecule has 0 saturated carbocycles. The van der Waals surface area contributed by atoms with Crippen LogP contribution in [0.5, 0.6) is 0 Å². The van der Waals surface area contributed by atoms with Gasteiger partial charge in [-0.15, -0.1) is 5.10 Å². The van der Waals surface area contributed by atoms with Crippen LogP contribution in [-0.2, 0) is 13.0 Å². The molecule has 8 heteroatoms. The monoisotopic (exact) mass is 364 g/mol. The fourth-order valence-electron chi connectivity index (χ4n) is 2.20. The van der Waals surface area contributed by atoms with Crippen molar-refractivity contribution >= 4 is 29.1 Å². The number of hydrogen-bond donors (Lipinski definition) is 1. The lowest BCUT2D eigenvalue weighted by Crippen LogP contribution is -2.24. The van der Waals surface area contributed by atoms with Crippen molar-refractivity contribution in [2.45, 2.75) is 19.9 Å². The molecule has 6 nitrogen and oxygen atoms in total. The molecule has 3 rings (SSSR count). The van der Waals surface area contributed by atoms with Gasteiger partial charge >= 0.3 is 0 Å². The summed E-state index contributed by atoms with van der Waals surface area (Å²) < 4.78 is 6.68. The number of hydrogen-bond acceptors (Lipinski definition) is 4. The zero-order valence-corrected chi connectivity index (χ0v) is 14.3. The molecule has 0 bridgehead atoms. The number of carbonyl (C=O) groups excluding carboxylic acids is 1. The number of carbonyl (C=O) groups is 1. The summed E-state index contributed by atoms with van der Waals surface area (Å²) in [6.45, 7) is 2.17.